The molecular weight excluding hydrogens is 867 g/mol. The maximum atomic E-state index is 5.70. The molecule has 0 unspecified atom stereocenters. The highest BCUT2D eigenvalue weighted by Crippen LogP contribution is 2.52. The molecule has 0 atom stereocenters. The Morgan fingerprint density at radius 3 is 1.43 bits per heavy atom. The molecule has 8 fully saturated rings. The number of piperidine rings is 4. The second kappa shape index (κ2) is 16.1. The molecule has 8 bridgehead atoms. The number of rotatable bonds is 9. The van der Waals surface area contributed by atoms with Crippen molar-refractivity contribution in [1.82, 2.24) is 14.5 Å². The number of para-hydroxylation sites is 1. The third-order valence-corrected chi connectivity index (χ3v) is 23.0. The van der Waals surface area contributed by atoms with E-state index < -0.39 is 8.07 Å². The van der Waals surface area contributed by atoms with Crippen LogP contribution < -0.4 is 30.5 Å². The summed E-state index contributed by atoms with van der Waals surface area (Å²) in [6, 6.07) is 73.6. The molecule has 8 aliphatic rings. The molecule has 4 saturated heterocycles. The Morgan fingerprint density at radius 1 is 0.357 bits per heavy atom. The SMILES string of the molecule is c1ccc([Si](c2ccccc2)(c2ccccc2)c2cccc(-c3nc(-c4cccc(N5C6CC7CC(C6)CC5C7)c4)cc(-n4c5ccccc5c5cc(N6C7CC8CC(C7)CC6C8)ccc54)n3)c2)cc1. The molecule has 0 radical (unpaired) electrons. The topological polar surface area (TPSA) is 37.2 Å². The quantitative estimate of drug-likeness (QED) is 0.107. The maximum Gasteiger partial charge on any atom is 0.179 e. The van der Waals surface area contributed by atoms with Crippen LogP contribution in [0.3, 0.4) is 0 Å². The average Bonchev–Trinajstić information content (AvgIpc) is 3.73. The molecule has 17 rings (SSSR count). The van der Waals surface area contributed by atoms with E-state index in [1.807, 2.05) is 0 Å². The summed E-state index contributed by atoms with van der Waals surface area (Å²) in [5.41, 5.74) is 8.24. The number of hydrogen-bond acceptors (Lipinski definition) is 4. The fourth-order valence-corrected chi connectivity index (χ4v) is 20.7. The summed E-state index contributed by atoms with van der Waals surface area (Å²) in [6.07, 6.45) is 13.7. The number of anilines is 2. The number of benzene rings is 7. The molecule has 4 aliphatic carbocycles. The van der Waals surface area contributed by atoms with Gasteiger partial charge in [0, 0.05) is 63.5 Å². The van der Waals surface area contributed by atoms with Gasteiger partial charge in [-0.1, -0.05) is 146 Å². The van der Waals surface area contributed by atoms with Crippen LogP contribution in [0.4, 0.5) is 11.4 Å². The van der Waals surface area contributed by atoms with Crippen LogP contribution in [0.1, 0.15) is 64.2 Å². The molecule has 5 nitrogen and oxygen atoms in total. The zero-order valence-corrected chi connectivity index (χ0v) is 40.8. The lowest BCUT2D eigenvalue weighted by atomic mass is 9.63. The predicted molar refractivity (Wildman–Crippen MR) is 291 cm³/mol. The monoisotopic (exact) mass is 925 g/mol. The molecule has 0 N–H and O–H groups in total. The van der Waals surface area contributed by atoms with Crippen molar-refractivity contribution in [2.24, 2.45) is 23.7 Å². The van der Waals surface area contributed by atoms with Gasteiger partial charge in [-0.25, -0.2) is 9.97 Å². The summed E-state index contributed by atoms with van der Waals surface area (Å²) in [5, 5.41) is 7.94. The minimum absolute atomic E-state index is 0.645. The first-order valence-corrected chi connectivity index (χ1v) is 28.5. The molecule has 6 heteroatoms. The largest absolute Gasteiger partial charge is 0.366 e. The van der Waals surface area contributed by atoms with Gasteiger partial charge in [0.2, 0.25) is 0 Å². The predicted octanol–water partition coefficient (Wildman–Crippen LogP) is 11.8. The van der Waals surface area contributed by atoms with Crippen molar-refractivity contribution in [3.05, 3.63) is 188 Å². The Kier molecular flexibility index (Phi) is 9.47. The first kappa shape index (κ1) is 41.1. The van der Waals surface area contributed by atoms with Crippen molar-refractivity contribution in [1.29, 1.82) is 0 Å². The van der Waals surface area contributed by atoms with Crippen molar-refractivity contribution in [2.75, 3.05) is 9.80 Å². The lowest BCUT2D eigenvalue weighted by Crippen LogP contribution is -2.74. The Hall–Kier alpha value is -6.76. The van der Waals surface area contributed by atoms with Crippen LogP contribution in [0, 0.1) is 23.7 Å². The summed E-state index contributed by atoms with van der Waals surface area (Å²) >= 11 is 0. The second-order valence-electron chi connectivity index (χ2n) is 22.2. The van der Waals surface area contributed by atoms with Crippen LogP contribution in [0.15, 0.2) is 188 Å². The van der Waals surface area contributed by atoms with Gasteiger partial charge >= 0.3 is 0 Å². The fourth-order valence-electron chi connectivity index (χ4n) is 15.9. The minimum Gasteiger partial charge on any atom is -0.366 e. The van der Waals surface area contributed by atoms with E-state index in [2.05, 4.69) is 202 Å². The Balaban J connectivity index is 0.924. The molecular formula is C64H59N5Si. The molecule has 0 amide bonds. The van der Waals surface area contributed by atoms with Gasteiger partial charge in [-0.15, -0.1) is 0 Å². The number of fused-ring (bicyclic) bond motifs is 3. The van der Waals surface area contributed by atoms with Gasteiger partial charge in [0.1, 0.15) is 5.82 Å². The molecule has 0 spiro atoms. The number of nitrogens with zero attached hydrogens (tertiary/aromatic N) is 5. The van der Waals surface area contributed by atoms with Gasteiger partial charge < -0.3 is 9.80 Å². The van der Waals surface area contributed by atoms with E-state index in [9.17, 15) is 0 Å². The van der Waals surface area contributed by atoms with Crippen molar-refractivity contribution >= 4 is 62.0 Å². The van der Waals surface area contributed by atoms with Crippen LogP contribution in [-0.2, 0) is 0 Å². The summed E-state index contributed by atoms with van der Waals surface area (Å²) in [6.45, 7) is 0. The zero-order chi connectivity index (χ0) is 45.9. The molecule has 6 heterocycles. The van der Waals surface area contributed by atoms with Crippen LogP contribution >= 0.6 is 0 Å². The Labute approximate surface area is 412 Å². The van der Waals surface area contributed by atoms with E-state index in [4.69, 9.17) is 9.97 Å². The van der Waals surface area contributed by atoms with Crippen LogP contribution in [0.25, 0.3) is 50.3 Å². The fraction of sp³-hybridized carbons (Fsp3) is 0.281. The average molecular weight is 926 g/mol. The molecule has 7 aromatic carbocycles. The normalized spacial score (nSPS) is 25.4. The van der Waals surface area contributed by atoms with E-state index in [0.29, 0.717) is 24.2 Å². The number of aromatic nitrogens is 3. The first-order valence-electron chi connectivity index (χ1n) is 26.5. The standard InChI is InChI=1S/C64H59N5Si/c1-4-17-54(18-5-1)70(55-19-6-2-7-20-55,56-21-8-3-9-22-56)57-23-13-15-47(39-57)64-65-60(46-14-12-16-48(38-46)67-50-30-42-28-43(32-50)33-51(67)31-42)41-63(66-64)69-61-25-11-10-24-58(61)59-40-49(26-27-62(59)69)68-52-34-44-29-45(36-52)37-53(68)35-44/h1-27,38-45,50-53H,28-37H2. The van der Waals surface area contributed by atoms with Crippen LogP contribution in [0.2, 0.25) is 0 Å². The van der Waals surface area contributed by atoms with Gasteiger partial charge in [0.25, 0.3) is 0 Å². The molecule has 4 saturated carbocycles. The molecule has 4 aliphatic heterocycles. The maximum absolute atomic E-state index is 5.70. The van der Waals surface area contributed by atoms with Crippen LogP contribution in [0.5, 0.6) is 0 Å². The van der Waals surface area contributed by atoms with E-state index in [-0.39, 0.29) is 0 Å². The summed E-state index contributed by atoms with van der Waals surface area (Å²) in [4.78, 5) is 17.0. The highest BCUT2D eigenvalue weighted by molar-refractivity contribution is 7.19. The summed E-state index contributed by atoms with van der Waals surface area (Å²) in [5.74, 6) is 5.30. The van der Waals surface area contributed by atoms with Crippen molar-refractivity contribution < 1.29 is 0 Å². The second-order valence-corrected chi connectivity index (χ2v) is 26.0. The van der Waals surface area contributed by atoms with Crippen molar-refractivity contribution in [3.63, 3.8) is 0 Å². The van der Waals surface area contributed by atoms with Gasteiger partial charge in [0.05, 0.1) is 16.7 Å². The Bertz CT molecular complexity index is 3290. The lowest BCUT2D eigenvalue weighted by molar-refractivity contribution is 0.0899. The van der Waals surface area contributed by atoms with Gasteiger partial charge in [-0.3, -0.25) is 4.57 Å². The number of hydrogen-bond donors (Lipinski definition) is 0. The van der Waals surface area contributed by atoms with Gasteiger partial charge in [0.15, 0.2) is 13.9 Å². The van der Waals surface area contributed by atoms with Gasteiger partial charge in [-0.2, -0.15) is 0 Å². The third-order valence-electron chi connectivity index (χ3n) is 18.3. The van der Waals surface area contributed by atoms with E-state index in [1.165, 1.54) is 118 Å². The van der Waals surface area contributed by atoms with Crippen molar-refractivity contribution in [2.45, 2.75) is 88.4 Å². The smallest absolute Gasteiger partial charge is 0.179 e. The molecule has 344 valence electrons. The first-order chi connectivity index (χ1) is 34.6. The molecule has 70 heavy (non-hydrogen) atoms. The molecule has 2 aromatic heterocycles. The summed E-state index contributed by atoms with van der Waals surface area (Å²) in [7, 11) is -2.82. The van der Waals surface area contributed by atoms with Crippen LogP contribution in [-0.4, -0.2) is 46.8 Å². The minimum atomic E-state index is -2.82. The van der Waals surface area contributed by atoms with E-state index in [1.54, 1.807) is 0 Å². The highest BCUT2D eigenvalue weighted by atomic mass is 28.3. The lowest BCUT2D eigenvalue weighted by Gasteiger charge is -2.57. The Morgan fingerprint density at radius 2 is 0.843 bits per heavy atom. The van der Waals surface area contributed by atoms with Crippen molar-refractivity contribution in [3.8, 4) is 28.5 Å². The van der Waals surface area contributed by atoms with E-state index in [0.717, 1.165) is 52.1 Å². The zero-order valence-electron chi connectivity index (χ0n) is 39.8. The van der Waals surface area contributed by atoms with E-state index >= 15 is 0 Å². The summed E-state index contributed by atoms with van der Waals surface area (Å²) < 4.78 is 2.43. The van der Waals surface area contributed by atoms with Gasteiger partial charge in [-0.05, 0) is 145 Å². The third kappa shape index (κ3) is 6.48. The molecule has 9 aromatic rings. The highest BCUT2D eigenvalue weighted by Gasteiger charge is 2.48.